The lowest BCUT2D eigenvalue weighted by molar-refractivity contribution is -0.183. The third-order valence-electron chi connectivity index (χ3n) is 8.25. The molecule has 212 valence electrons. The van der Waals surface area contributed by atoms with Crippen LogP contribution in [0.25, 0.3) is 0 Å². The van der Waals surface area contributed by atoms with Crippen LogP contribution < -0.4 is 10.1 Å². The fourth-order valence-electron chi connectivity index (χ4n) is 5.62. The fraction of sp³-hybridized carbons (Fsp3) is 0.593. The fourth-order valence-corrected chi connectivity index (χ4v) is 6.25. The van der Waals surface area contributed by atoms with Gasteiger partial charge in [-0.15, -0.1) is 0 Å². The lowest BCUT2D eigenvalue weighted by atomic mass is 9.77. The Bertz CT molecular complexity index is 1350. The Morgan fingerprint density at radius 2 is 1.85 bits per heavy atom. The molecule has 4 unspecified atom stereocenters. The number of carbonyl (C=O) groups excluding carboxylic acids is 1. The highest BCUT2D eigenvalue weighted by Crippen LogP contribution is 2.41. The molecule has 12 heteroatoms. The van der Waals surface area contributed by atoms with Crippen molar-refractivity contribution >= 4 is 27.4 Å². The van der Waals surface area contributed by atoms with Gasteiger partial charge in [0.25, 0.3) is 0 Å². The number of hydrogen-bond donors (Lipinski definition) is 1. The second-order valence-corrected chi connectivity index (χ2v) is 13.2. The van der Waals surface area contributed by atoms with Gasteiger partial charge in [0.15, 0.2) is 9.84 Å². The predicted octanol–water partition coefficient (Wildman–Crippen LogP) is 4.25. The van der Waals surface area contributed by atoms with E-state index < -0.39 is 15.7 Å². The highest BCUT2D eigenvalue weighted by atomic mass is 32.2. The average molecular weight is 563 g/mol. The molecule has 1 aromatic heterocycles. The molecule has 1 saturated carbocycles. The summed E-state index contributed by atoms with van der Waals surface area (Å²) in [5.41, 5.74) is 0.275. The quantitative estimate of drug-likeness (QED) is 0.551. The second kappa shape index (κ2) is 10.2. The first-order chi connectivity index (χ1) is 18.3. The lowest BCUT2D eigenvalue weighted by Gasteiger charge is -2.52. The molecule has 5 rings (SSSR count). The van der Waals surface area contributed by atoms with Gasteiger partial charge in [0.1, 0.15) is 29.7 Å². The maximum absolute atomic E-state index is 14.7. The van der Waals surface area contributed by atoms with Crippen LogP contribution in [0, 0.1) is 24.6 Å². The van der Waals surface area contributed by atoms with Gasteiger partial charge >= 0.3 is 6.09 Å². The molecule has 3 fully saturated rings. The molecular weight excluding hydrogens is 527 g/mol. The van der Waals surface area contributed by atoms with Crippen molar-refractivity contribution in [3.63, 3.8) is 0 Å². The minimum Gasteiger partial charge on any atom is -0.473 e. The number of piperidine rings is 1. The molecule has 0 radical (unpaired) electrons. The molecule has 3 heterocycles. The number of aromatic nitrogens is 2. The summed E-state index contributed by atoms with van der Waals surface area (Å²) in [6, 6.07) is 3.67. The van der Waals surface area contributed by atoms with E-state index in [1.807, 2.05) is 20.8 Å². The van der Waals surface area contributed by atoms with E-state index in [1.54, 1.807) is 11.8 Å². The zero-order chi connectivity index (χ0) is 28.1. The van der Waals surface area contributed by atoms with Crippen LogP contribution in [0.5, 0.6) is 5.88 Å². The van der Waals surface area contributed by atoms with Gasteiger partial charge in [-0.3, -0.25) is 0 Å². The number of nitrogens with zero attached hydrogens (tertiary/aromatic N) is 3. The third-order valence-corrected chi connectivity index (χ3v) is 9.36. The molecule has 1 amide bonds. The van der Waals surface area contributed by atoms with E-state index in [0.717, 1.165) is 31.6 Å². The minimum atomic E-state index is -3.54. The molecule has 0 spiro atoms. The number of rotatable bonds is 6. The van der Waals surface area contributed by atoms with Gasteiger partial charge in [-0.05, 0) is 65.2 Å². The summed E-state index contributed by atoms with van der Waals surface area (Å²) >= 11 is 0. The van der Waals surface area contributed by atoms with Crippen molar-refractivity contribution in [2.75, 3.05) is 24.7 Å². The summed E-state index contributed by atoms with van der Waals surface area (Å²) < 4.78 is 56.7. The number of halogens is 1. The largest absolute Gasteiger partial charge is 0.473 e. The van der Waals surface area contributed by atoms with E-state index in [9.17, 15) is 17.6 Å². The van der Waals surface area contributed by atoms with Crippen molar-refractivity contribution in [1.82, 2.24) is 14.9 Å². The lowest BCUT2D eigenvalue weighted by Crippen LogP contribution is -2.63. The number of nitrogens with one attached hydrogen (secondary N) is 1. The standard InChI is InChI=1S/C27H35FN4O6S/c1-15-24(31-22-8-7-18(11-21(22)28)39(5,34)35)29-14-30-25(15)37-23-19-12-32(13-20(23)17(3)36-16(19)2)26(33)38-27(4)9-6-10-27/h7-8,11,14,16-17,19-20,23H,6,9-10,12-13H2,1-5H3,(H,29,30,31). The van der Waals surface area contributed by atoms with Gasteiger partial charge in [-0.1, -0.05) is 0 Å². The molecule has 3 aliphatic rings. The molecule has 10 nitrogen and oxygen atoms in total. The van der Waals surface area contributed by atoms with E-state index in [1.165, 1.54) is 18.5 Å². The number of carbonyl (C=O) groups is 1. The Morgan fingerprint density at radius 3 is 2.41 bits per heavy atom. The SMILES string of the molecule is Cc1c(Nc2ccc(S(C)(=O)=O)cc2F)ncnc1OC1C2CN(C(=O)OC3(C)CCC3)CC1C(C)OC2C. The highest BCUT2D eigenvalue weighted by Gasteiger charge is 2.51. The van der Waals surface area contributed by atoms with E-state index in [-0.39, 0.29) is 52.4 Å². The number of sulfone groups is 1. The van der Waals surface area contributed by atoms with Crippen molar-refractivity contribution in [1.29, 1.82) is 0 Å². The smallest absolute Gasteiger partial charge is 0.410 e. The maximum atomic E-state index is 14.7. The second-order valence-electron chi connectivity index (χ2n) is 11.2. The van der Waals surface area contributed by atoms with Crippen LogP contribution in [0.15, 0.2) is 29.4 Å². The monoisotopic (exact) mass is 562 g/mol. The van der Waals surface area contributed by atoms with Crippen molar-refractivity contribution in [2.45, 2.75) is 75.8 Å². The van der Waals surface area contributed by atoms with Crippen molar-refractivity contribution in [2.24, 2.45) is 11.8 Å². The van der Waals surface area contributed by atoms with Gasteiger partial charge in [0.2, 0.25) is 5.88 Å². The Morgan fingerprint density at radius 1 is 1.18 bits per heavy atom. The van der Waals surface area contributed by atoms with E-state index >= 15 is 0 Å². The summed E-state index contributed by atoms with van der Waals surface area (Å²) in [5.74, 6) is -0.243. The summed E-state index contributed by atoms with van der Waals surface area (Å²) in [4.78, 5) is 23.3. The molecular formula is C27H35FN4O6S. The van der Waals surface area contributed by atoms with Crippen LogP contribution in [0.4, 0.5) is 20.7 Å². The number of amides is 1. The number of fused-ring (bicyclic) bond motifs is 2. The first-order valence-electron chi connectivity index (χ1n) is 13.2. The number of likely N-dealkylation sites (tertiary alicyclic amines) is 1. The molecule has 39 heavy (non-hydrogen) atoms. The highest BCUT2D eigenvalue weighted by molar-refractivity contribution is 7.90. The summed E-state index contributed by atoms with van der Waals surface area (Å²) in [6.07, 6.45) is 4.33. The number of ether oxygens (including phenoxy) is 3. The van der Waals surface area contributed by atoms with Gasteiger partial charge < -0.3 is 24.4 Å². The van der Waals surface area contributed by atoms with Crippen LogP contribution in [-0.4, -0.2) is 72.6 Å². The Balaban J connectivity index is 1.34. The maximum Gasteiger partial charge on any atom is 0.410 e. The third kappa shape index (κ3) is 5.54. The summed E-state index contributed by atoms with van der Waals surface area (Å²) in [5, 5.41) is 2.92. The molecule has 4 atom stereocenters. The number of anilines is 2. The van der Waals surface area contributed by atoms with Crippen molar-refractivity contribution in [3.8, 4) is 5.88 Å². The first-order valence-corrected chi connectivity index (χ1v) is 15.1. The molecule has 2 bridgehead atoms. The minimum absolute atomic E-state index is 0.0784. The molecule has 2 aromatic rings. The van der Waals surface area contributed by atoms with Crippen molar-refractivity contribution in [3.05, 3.63) is 35.9 Å². The normalized spacial score (nSPS) is 27.8. The van der Waals surface area contributed by atoms with Crippen LogP contribution >= 0.6 is 0 Å². The van der Waals surface area contributed by atoms with Crippen molar-refractivity contribution < 1.29 is 31.8 Å². The number of hydrogen-bond acceptors (Lipinski definition) is 9. The zero-order valence-electron chi connectivity index (χ0n) is 22.8. The van der Waals surface area contributed by atoms with Gasteiger partial charge in [-0.25, -0.2) is 27.6 Å². The molecule has 2 aliphatic heterocycles. The van der Waals surface area contributed by atoms with Crippen LogP contribution in [-0.2, 0) is 19.3 Å². The predicted molar refractivity (Wildman–Crippen MR) is 141 cm³/mol. The van der Waals surface area contributed by atoms with Crippen LogP contribution in [0.3, 0.4) is 0 Å². The Hall–Kier alpha value is -2.99. The first kappa shape index (κ1) is 27.6. The van der Waals surface area contributed by atoms with E-state index in [0.29, 0.717) is 30.4 Å². The molecule has 1 aromatic carbocycles. The Labute approximate surface area is 228 Å². The van der Waals surface area contributed by atoms with Gasteiger partial charge in [0, 0.05) is 31.2 Å². The number of benzene rings is 1. The molecule has 1 aliphatic carbocycles. The Kier molecular flexibility index (Phi) is 7.21. The van der Waals surface area contributed by atoms with E-state index in [2.05, 4.69) is 15.3 Å². The van der Waals surface area contributed by atoms with Gasteiger partial charge in [0.05, 0.1) is 28.4 Å². The summed E-state index contributed by atoms with van der Waals surface area (Å²) in [7, 11) is -3.54. The molecule has 1 N–H and O–H groups in total. The summed E-state index contributed by atoms with van der Waals surface area (Å²) in [6.45, 7) is 8.60. The topological polar surface area (TPSA) is 120 Å². The van der Waals surface area contributed by atoms with E-state index in [4.69, 9.17) is 14.2 Å². The molecule has 2 saturated heterocycles. The van der Waals surface area contributed by atoms with Crippen LogP contribution in [0.1, 0.15) is 45.6 Å². The van der Waals surface area contributed by atoms with Gasteiger partial charge in [-0.2, -0.15) is 0 Å². The average Bonchev–Trinajstić information content (AvgIpc) is 2.84. The zero-order valence-corrected chi connectivity index (χ0v) is 23.6. The van der Waals surface area contributed by atoms with Crippen LogP contribution in [0.2, 0.25) is 0 Å².